The Balaban J connectivity index is 2.96. The first-order chi connectivity index (χ1) is 9.47. The van der Waals surface area contributed by atoms with Crippen molar-refractivity contribution >= 4 is 21.8 Å². The molecular weight excluding hydrogens is 324 g/mol. The van der Waals surface area contributed by atoms with Crippen LogP contribution in [-0.2, 0) is 11.2 Å². The topological polar surface area (TPSA) is 50.8 Å². The van der Waals surface area contributed by atoms with Crippen molar-refractivity contribution in [1.82, 2.24) is 10.4 Å². The minimum Gasteiger partial charge on any atom is -0.490 e. The Morgan fingerprint density at radius 1 is 1.20 bits per heavy atom. The molecule has 20 heavy (non-hydrogen) atoms. The number of ether oxygens (including phenoxy) is 2. The number of nitrogens with one attached hydrogen (secondary N) is 1. The Hall–Kier alpha value is -1.27. The highest BCUT2D eigenvalue weighted by Crippen LogP contribution is 2.34. The normalized spacial score (nSPS) is 10.5. The van der Waals surface area contributed by atoms with Crippen molar-refractivity contribution in [3.8, 4) is 11.5 Å². The third-order valence-electron chi connectivity index (χ3n) is 2.41. The summed E-state index contributed by atoms with van der Waals surface area (Å²) in [5.74, 6) is 1.26. The van der Waals surface area contributed by atoms with Crippen molar-refractivity contribution in [3.05, 3.63) is 22.2 Å². The van der Waals surface area contributed by atoms with Gasteiger partial charge in [0.1, 0.15) is 0 Å². The molecule has 0 heterocycles. The second-order valence-electron chi connectivity index (χ2n) is 4.36. The van der Waals surface area contributed by atoms with Gasteiger partial charge in [-0.2, -0.15) is 0 Å². The number of hydrogen-bond acceptors (Lipinski definition) is 4. The molecule has 0 aromatic heterocycles. The molecular formula is C14H21BrN2O3. The van der Waals surface area contributed by atoms with Crippen molar-refractivity contribution in [1.29, 1.82) is 0 Å². The summed E-state index contributed by atoms with van der Waals surface area (Å²) in [6.45, 7) is 4.94. The summed E-state index contributed by atoms with van der Waals surface area (Å²) < 4.78 is 11.9. The van der Waals surface area contributed by atoms with E-state index in [9.17, 15) is 4.79 Å². The standard InChI is InChI=1S/C14H21BrN2O3/c1-5-19-12-7-10(8-14(18)16-17(3)4)11(15)9-13(12)20-6-2/h7,9H,5-6,8H2,1-4H3,(H,16,18). The van der Waals surface area contributed by atoms with E-state index >= 15 is 0 Å². The molecule has 0 saturated heterocycles. The molecule has 1 aromatic rings. The van der Waals surface area contributed by atoms with Crippen LogP contribution in [0.25, 0.3) is 0 Å². The summed E-state index contributed by atoms with van der Waals surface area (Å²) in [5, 5.41) is 1.62. The van der Waals surface area contributed by atoms with Crippen LogP contribution in [0, 0.1) is 0 Å². The van der Waals surface area contributed by atoms with Gasteiger partial charge in [-0.25, -0.2) is 5.01 Å². The zero-order chi connectivity index (χ0) is 15.1. The van der Waals surface area contributed by atoms with Gasteiger partial charge in [0.25, 0.3) is 0 Å². The van der Waals surface area contributed by atoms with E-state index in [0.717, 1.165) is 10.0 Å². The summed E-state index contributed by atoms with van der Waals surface area (Å²) in [6, 6.07) is 3.68. The van der Waals surface area contributed by atoms with Crippen LogP contribution in [0.3, 0.4) is 0 Å². The van der Waals surface area contributed by atoms with Gasteiger partial charge in [-0.15, -0.1) is 0 Å². The van der Waals surface area contributed by atoms with Crippen molar-refractivity contribution in [3.63, 3.8) is 0 Å². The van der Waals surface area contributed by atoms with Gasteiger partial charge in [0.05, 0.1) is 19.6 Å². The molecule has 0 aliphatic rings. The molecule has 0 unspecified atom stereocenters. The van der Waals surface area contributed by atoms with Crippen LogP contribution < -0.4 is 14.9 Å². The minimum atomic E-state index is -0.0812. The monoisotopic (exact) mass is 344 g/mol. The number of carbonyl (C=O) groups excluding carboxylic acids is 1. The number of carbonyl (C=O) groups is 1. The van der Waals surface area contributed by atoms with Gasteiger partial charge in [0.15, 0.2) is 11.5 Å². The van der Waals surface area contributed by atoms with E-state index in [4.69, 9.17) is 9.47 Å². The lowest BCUT2D eigenvalue weighted by Crippen LogP contribution is -2.37. The van der Waals surface area contributed by atoms with Gasteiger partial charge >= 0.3 is 0 Å². The van der Waals surface area contributed by atoms with Crippen molar-refractivity contribution in [2.24, 2.45) is 0 Å². The highest BCUT2D eigenvalue weighted by Gasteiger charge is 2.13. The molecule has 0 atom stereocenters. The molecule has 1 N–H and O–H groups in total. The summed E-state index contributed by atoms with van der Waals surface area (Å²) in [4.78, 5) is 11.8. The van der Waals surface area contributed by atoms with E-state index < -0.39 is 0 Å². The summed E-state index contributed by atoms with van der Waals surface area (Å²) >= 11 is 3.47. The van der Waals surface area contributed by atoms with Gasteiger partial charge < -0.3 is 9.47 Å². The maximum absolute atomic E-state index is 11.8. The average Bonchev–Trinajstić information content (AvgIpc) is 2.34. The van der Waals surface area contributed by atoms with Crippen LogP contribution >= 0.6 is 15.9 Å². The number of halogens is 1. The fourth-order valence-electron chi connectivity index (χ4n) is 1.71. The maximum atomic E-state index is 11.8. The van der Waals surface area contributed by atoms with Gasteiger partial charge in [-0.05, 0) is 31.5 Å². The van der Waals surface area contributed by atoms with Crippen molar-refractivity contribution in [2.75, 3.05) is 27.3 Å². The van der Waals surface area contributed by atoms with E-state index in [2.05, 4.69) is 21.4 Å². The van der Waals surface area contributed by atoms with E-state index in [0.29, 0.717) is 24.7 Å². The lowest BCUT2D eigenvalue weighted by molar-refractivity contribution is -0.124. The number of amides is 1. The summed E-state index contributed by atoms with van der Waals surface area (Å²) in [7, 11) is 3.55. The molecule has 0 spiro atoms. The molecule has 6 heteroatoms. The highest BCUT2D eigenvalue weighted by molar-refractivity contribution is 9.10. The fourth-order valence-corrected chi connectivity index (χ4v) is 2.17. The smallest absolute Gasteiger partial charge is 0.238 e. The molecule has 0 saturated carbocycles. The number of hydrogen-bond donors (Lipinski definition) is 1. The van der Waals surface area contributed by atoms with E-state index in [-0.39, 0.29) is 12.3 Å². The number of benzene rings is 1. The Morgan fingerprint density at radius 3 is 2.25 bits per heavy atom. The lowest BCUT2D eigenvalue weighted by atomic mass is 10.1. The fraction of sp³-hybridized carbons (Fsp3) is 0.500. The Kier molecular flexibility index (Phi) is 6.81. The predicted molar refractivity (Wildman–Crippen MR) is 82.0 cm³/mol. The molecule has 0 aliphatic heterocycles. The van der Waals surface area contributed by atoms with Gasteiger partial charge in [0.2, 0.25) is 5.91 Å². The Morgan fingerprint density at radius 2 is 1.75 bits per heavy atom. The molecule has 0 radical (unpaired) electrons. The first-order valence-electron chi connectivity index (χ1n) is 6.52. The number of nitrogens with zero attached hydrogens (tertiary/aromatic N) is 1. The van der Waals surface area contributed by atoms with E-state index in [1.54, 1.807) is 19.1 Å². The quantitative estimate of drug-likeness (QED) is 0.771. The molecule has 5 nitrogen and oxygen atoms in total. The Bertz CT molecular complexity index is 464. The molecule has 0 bridgehead atoms. The van der Waals surface area contributed by atoms with E-state index in [1.165, 1.54) is 0 Å². The first-order valence-corrected chi connectivity index (χ1v) is 7.32. The second-order valence-corrected chi connectivity index (χ2v) is 5.22. The van der Waals surface area contributed by atoms with Crippen LogP contribution in [0.15, 0.2) is 16.6 Å². The molecule has 1 aromatic carbocycles. The molecule has 0 fully saturated rings. The van der Waals surface area contributed by atoms with Crippen molar-refractivity contribution < 1.29 is 14.3 Å². The minimum absolute atomic E-state index is 0.0812. The Labute approximate surface area is 128 Å². The van der Waals surface area contributed by atoms with Crippen LogP contribution in [0.1, 0.15) is 19.4 Å². The van der Waals surface area contributed by atoms with Crippen LogP contribution in [-0.4, -0.2) is 38.2 Å². The highest BCUT2D eigenvalue weighted by atomic mass is 79.9. The van der Waals surface area contributed by atoms with E-state index in [1.807, 2.05) is 26.0 Å². The van der Waals surface area contributed by atoms with Gasteiger partial charge in [-0.1, -0.05) is 15.9 Å². The predicted octanol–water partition coefficient (Wildman–Crippen LogP) is 2.38. The second kappa shape index (κ2) is 8.11. The molecule has 112 valence electrons. The zero-order valence-corrected chi connectivity index (χ0v) is 13.9. The molecule has 1 rings (SSSR count). The zero-order valence-electron chi connectivity index (χ0n) is 12.3. The third-order valence-corrected chi connectivity index (χ3v) is 3.15. The lowest BCUT2D eigenvalue weighted by Gasteiger charge is -2.15. The number of rotatable bonds is 7. The maximum Gasteiger partial charge on any atom is 0.238 e. The SMILES string of the molecule is CCOc1cc(Br)c(CC(=O)NN(C)C)cc1OCC. The summed E-state index contributed by atoms with van der Waals surface area (Å²) in [6.07, 6.45) is 0.269. The largest absolute Gasteiger partial charge is 0.490 e. The van der Waals surface area contributed by atoms with Gasteiger partial charge in [0, 0.05) is 18.6 Å². The van der Waals surface area contributed by atoms with Gasteiger partial charge in [-0.3, -0.25) is 10.2 Å². The summed E-state index contributed by atoms with van der Waals surface area (Å²) in [5.41, 5.74) is 3.57. The molecule has 0 aliphatic carbocycles. The van der Waals surface area contributed by atoms with Crippen LogP contribution in [0.2, 0.25) is 0 Å². The first kappa shape index (κ1) is 16.8. The average molecular weight is 345 g/mol. The third kappa shape index (κ3) is 5.02. The molecule has 1 amide bonds. The van der Waals surface area contributed by atoms with Crippen molar-refractivity contribution in [2.45, 2.75) is 20.3 Å². The van der Waals surface area contributed by atoms with Crippen LogP contribution in [0.4, 0.5) is 0 Å². The number of hydrazine groups is 1. The van der Waals surface area contributed by atoms with Crippen LogP contribution in [0.5, 0.6) is 11.5 Å².